The Morgan fingerprint density at radius 2 is 1.91 bits per heavy atom. The molecule has 5 nitrogen and oxygen atoms in total. The Balaban J connectivity index is 1.23. The smallest absolute Gasteiger partial charge is 0.0795 e. The minimum atomic E-state index is 0.691. The summed E-state index contributed by atoms with van der Waals surface area (Å²) in [6.07, 6.45) is 4.55. The quantitative estimate of drug-likeness (QED) is 0.662. The average Bonchev–Trinajstić information content (AvgIpc) is 3.28. The van der Waals surface area contributed by atoms with E-state index in [4.69, 9.17) is 9.72 Å². The third kappa shape index (κ3) is 3.66. The fourth-order valence-corrected chi connectivity index (χ4v) is 6.44. The number of ether oxygens (including phenoxy) is 1. The van der Waals surface area contributed by atoms with E-state index in [1.807, 2.05) is 6.20 Å². The van der Waals surface area contributed by atoms with Gasteiger partial charge in [0.25, 0.3) is 0 Å². The standard InChI is InChI=1S/C27H34N4O/c1-18-22-13-21(14-26(18)30(2)16-22)19-3-5-20(6-4-19)27-24-15-23(29-25(24)7-8-28-27)17-31-9-11-32-12-10-31/h3-8,15,18,21-22,26,29H,9-14,16-17H2,1-2H3. The van der Waals surface area contributed by atoms with E-state index >= 15 is 0 Å². The van der Waals surface area contributed by atoms with Gasteiger partial charge in [0.2, 0.25) is 0 Å². The first kappa shape index (κ1) is 20.4. The number of benzene rings is 1. The van der Waals surface area contributed by atoms with Gasteiger partial charge in [-0.1, -0.05) is 31.2 Å². The number of likely N-dealkylation sites (tertiary alicyclic amines) is 1. The molecule has 3 aromatic rings. The molecule has 2 aliphatic heterocycles. The van der Waals surface area contributed by atoms with Gasteiger partial charge in [0.05, 0.1) is 18.9 Å². The van der Waals surface area contributed by atoms with Gasteiger partial charge in [0.15, 0.2) is 0 Å². The number of nitrogens with one attached hydrogen (secondary N) is 1. The predicted octanol–water partition coefficient (Wildman–Crippen LogP) is 4.51. The van der Waals surface area contributed by atoms with Crippen molar-refractivity contribution in [2.75, 3.05) is 39.9 Å². The van der Waals surface area contributed by atoms with Crippen LogP contribution >= 0.6 is 0 Å². The molecule has 2 aromatic heterocycles. The van der Waals surface area contributed by atoms with Gasteiger partial charge in [-0.2, -0.15) is 0 Å². The van der Waals surface area contributed by atoms with Gasteiger partial charge in [-0.15, -0.1) is 0 Å². The van der Waals surface area contributed by atoms with Crippen LogP contribution in [0, 0.1) is 11.8 Å². The van der Waals surface area contributed by atoms with E-state index in [9.17, 15) is 0 Å². The van der Waals surface area contributed by atoms with E-state index in [1.165, 1.54) is 47.1 Å². The van der Waals surface area contributed by atoms with E-state index in [-0.39, 0.29) is 0 Å². The van der Waals surface area contributed by atoms with E-state index in [2.05, 4.69) is 65.2 Å². The van der Waals surface area contributed by atoms with Crippen molar-refractivity contribution in [2.45, 2.75) is 38.3 Å². The van der Waals surface area contributed by atoms with Gasteiger partial charge in [-0.25, -0.2) is 0 Å². The molecule has 0 radical (unpaired) electrons. The van der Waals surface area contributed by atoms with Gasteiger partial charge < -0.3 is 14.6 Å². The Morgan fingerprint density at radius 1 is 1.09 bits per heavy atom. The highest BCUT2D eigenvalue weighted by molar-refractivity contribution is 5.93. The number of hydrogen-bond donors (Lipinski definition) is 1. The zero-order valence-corrected chi connectivity index (χ0v) is 19.3. The summed E-state index contributed by atoms with van der Waals surface area (Å²) in [4.78, 5) is 13.4. The summed E-state index contributed by atoms with van der Waals surface area (Å²) >= 11 is 0. The zero-order chi connectivity index (χ0) is 21.7. The molecular weight excluding hydrogens is 396 g/mol. The molecular formula is C27H34N4O. The number of H-pyrrole nitrogens is 1. The van der Waals surface area contributed by atoms with Crippen molar-refractivity contribution in [3.05, 3.63) is 53.9 Å². The molecule has 5 heteroatoms. The molecule has 4 atom stereocenters. The van der Waals surface area contributed by atoms with Crippen molar-refractivity contribution < 1.29 is 4.74 Å². The second kappa shape index (κ2) is 8.29. The van der Waals surface area contributed by atoms with E-state index in [0.29, 0.717) is 5.92 Å². The maximum Gasteiger partial charge on any atom is 0.0795 e. The molecule has 4 unspecified atom stereocenters. The summed E-state index contributed by atoms with van der Waals surface area (Å²) in [6.45, 7) is 8.32. The number of fused-ring (bicyclic) bond motifs is 3. The minimum absolute atomic E-state index is 0.691. The second-order valence-corrected chi connectivity index (χ2v) is 10.2. The lowest BCUT2D eigenvalue weighted by molar-refractivity contribution is 0.0337. The van der Waals surface area contributed by atoms with Crippen LogP contribution in [0.2, 0.25) is 0 Å². The van der Waals surface area contributed by atoms with Crippen LogP contribution in [0.4, 0.5) is 0 Å². The van der Waals surface area contributed by atoms with Gasteiger partial charge in [0.1, 0.15) is 0 Å². The average molecular weight is 431 g/mol. The molecule has 0 amide bonds. The third-order valence-corrected chi connectivity index (χ3v) is 8.31. The topological polar surface area (TPSA) is 44.4 Å². The van der Waals surface area contributed by atoms with Crippen LogP contribution in [-0.2, 0) is 11.3 Å². The fourth-order valence-electron chi connectivity index (χ4n) is 6.44. The highest BCUT2D eigenvalue weighted by Gasteiger charge is 2.43. The zero-order valence-electron chi connectivity index (χ0n) is 19.3. The van der Waals surface area contributed by atoms with Gasteiger partial charge in [0, 0.05) is 60.6 Å². The van der Waals surface area contributed by atoms with Crippen LogP contribution in [0.3, 0.4) is 0 Å². The number of hydrogen-bond acceptors (Lipinski definition) is 4. The lowest BCUT2D eigenvalue weighted by Gasteiger charge is -2.34. The van der Waals surface area contributed by atoms with Gasteiger partial charge in [-0.3, -0.25) is 9.88 Å². The molecule has 32 heavy (non-hydrogen) atoms. The molecule has 168 valence electrons. The molecule has 3 fully saturated rings. The molecule has 6 rings (SSSR count). The second-order valence-electron chi connectivity index (χ2n) is 10.2. The van der Waals surface area contributed by atoms with E-state index < -0.39 is 0 Å². The monoisotopic (exact) mass is 430 g/mol. The number of rotatable bonds is 4. The Hall–Kier alpha value is -2.21. The fraction of sp³-hybridized carbons (Fsp3) is 0.519. The molecule has 4 heterocycles. The van der Waals surface area contributed by atoms with Crippen LogP contribution in [-0.4, -0.2) is 65.7 Å². The van der Waals surface area contributed by atoms with Crippen LogP contribution in [0.1, 0.15) is 36.9 Å². The molecule has 1 N–H and O–H groups in total. The van der Waals surface area contributed by atoms with Crippen LogP contribution in [0.5, 0.6) is 0 Å². The summed E-state index contributed by atoms with van der Waals surface area (Å²) in [7, 11) is 2.31. The predicted molar refractivity (Wildman–Crippen MR) is 129 cm³/mol. The largest absolute Gasteiger partial charge is 0.379 e. The maximum atomic E-state index is 5.49. The Kier molecular flexibility index (Phi) is 5.28. The van der Waals surface area contributed by atoms with Crippen LogP contribution in [0.15, 0.2) is 42.6 Å². The van der Waals surface area contributed by atoms with Crippen molar-refractivity contribution in [3.63, 3.8) is 0 Å². The van der Waals surface area contributed by atoms with Crippen LogP contribution < -0.4 is 0 Å². The minimum Gasteiger partial charge on any atom is -0.379 e. The summed E-state index contributed by atoms with van der Waals surface area (Å²) < 4.78 is 5.49. The number of aromatic nitrogens is 2. The van der Waals surface area contributed by atoms with Crippen molar-refractivity contribution in [1.82, 2.24) is 19.8 Å². The molecule has 1 aliphatic carbocycles. The first-order valence-corrected chi connectivity index (χ1v) is 12.2. The van der Waals surface area contributed by atoms with Crippen molar-refractivity contribution >= 4 is 10.9 Å². The summed E-state index contributed by atoms with van der Waals surface area (Å²) in [5, 5.41) is 1.22. The first-order chi connectivity index (χ1) is 15.7. The number of nitrogens with zero attached hydrogens (tertiary/aromatic N) is 3. The molecule has 3 aliphatic rings. The van der Waals surface area contributed by atoms with Gasteiger partial charge in [-0.05, 0) is 55.3 Å². The van der Waals surface area contributed by atoms with E-state index in [1.54, 1.807) is 0 Å². The number of aromatic amines is 1. The Bertz CT molecular complexity index is 1080. The summed E-state index contributed by atoms with van der Waals surface area (Å²) in [6, 6.07) is 14.4. The molecule has 1 aromatic carbocycles. The Labute approximate surface area is 190 Å². The van der Waals surface area contributed by atoms with E-state index in [0.717, 1.165) is 56.4 Å². The normalized spacial score (nSPS) is 29.1. The lowest BCUT2D eigenvalue weighted by atomic mass is 9.73. The maximum absolute atomic E-state index is 5.49. The van der Waals surface area contributed by atoms with Crippen molar-refractivity contribution in [2.24, 2.45) is 11.8 Å². The molecule has 0 spiro atoms. The molecule has 2 bridgehead atoms. The summed E-state index contributed by atoms with van der Waals surface area (Å²) in [5.74, 6) is 2.39. The Morgan fingerprint density at radius 3 is 2.69 bits per heavy atom. The highest BCUT2D eigenvalue weighted by atomic mass is 16.5. The SMILES string of the molecule is CC1C2CC(c3ccc(-c4nccc5[nH]c(CN6CCOCC6)cc45)cc3)CC1N(C)C2. The third-order valence-electron chi connectivity index (χ3n) is 8.31. The number of pyridine rings is 1. The molecule has 2 saturated heterocycles. The van der Waals surface area contributed by atoms with Crippen molar-refractivity contribution in [3.8, 4) is 11.3 Å². The first-order valence-electron chi connectivity index (χ1n) is 12.2. The summed E-state index contributed by atoms with van der Waals surface area (Å²) in [5.41, 5.74) is 6.21. The van der Waals surface area contributed by atoms with Crippen LogP contribution in [0.25, 0.3) is 22.2 Å². The lowest BCUT2D eigenvalue weighted by Crippen LogP contribution is -2.35. The number of morpholine rings is 1. The molecule has 1 saturated carbocycles. The highest BCUT2D eigenvalue weighted by Crippen LogP contribution is 2.46. The van der Waals surface area contributed by atoms with Crippen molar-refractivity contribution in [1.29, 1.82) is 0 Å². The van der Waals surface area contributed by atoms with Gasteiger partial charge >= 0.3 is 0 Å².